The first-order valence-corrected chi connectivity index (χ1v) is 10.3. The van der Waals surface area contributed by atoms with Gasteiger partial charge in [0.15, 0.2) is 5.82 Å². The number of nitrogens with one attached hydrogen (secondary N) is 1. The van der Waals surface area contributed by atoms with Gasteiger partial charge in [0, 0.05) is 29.6 Å². The van der Waals surface area contributed by atoms with E-state index in [0.29, 0.717) is 6.54 Å². The number of hydrogen-bond donors (Lipinski definition) is 1. The minimum absolute atomic E-state index is 0.0192. The molecule has 0 bridgehead atoms. The molecule has 27 heavy (non-hydrogen) atoms. The highest BCUT2D eigenvalue weighted by atomic mass is 35.5. The van der Waals surface area contributed by atoms with Crippen molar-refractivity contribution in [2.75, 3.05) is 4.72 Å². The third kappa shape index (κ3) is 4.48. The molecule has 3 aromatic rings. The summed E-state index contributed by atoms with van der Waals surface area (Å²) in [7, 11) is -3.84. The Kier molecular flexibility index (Phi) is 5.26. The first-order chi connectivity index (χ1) is 12.7. The zero-order chi connectivity index (χ0) is 19.7. The molecule has 8 heteroatoms. The molecule has 0 aliphatic heterocycles. The number of nitrogens with zero attached hydrogens (tertiary/aromatic N) is 3. The quantitative estimate of drug-likeness (QED) is 0.695. The van der Waals surface area contributed by atoms with Crippen LogP contribution in [0.15, 0.2) is 59.8 Å². The number of benzene rings is 1. The van der Waals surface area contributed by atoms with Gasteiger partial charge in [-0.05, 0) is 23.8 Å². The highest BCUT2D eigenvalue weighted by molar-refractivity contribution is 7.92. The zero-order valence-corrected chi connectivity index (χ0v) is 16.9. The summed E-state index contributed by atoms with van der Waals surface area (Å²) in [6, 6.07) is 11.9. The van der Waals surface area contributed by atoms with Crippen LogP contribution in [0.2, 0.25) is 5.02 Å². The predicted octanol–water partition coefficient (Wildman–Crippen LogP) is 4.08. The van der Waals surface area contributed by atoms with Crippen molar-refractivity contribution in [3.05, 3.63) is 71.1 Å². The van der Waals surface area contributed by atoms with E-state index in [9.17, 15) is 8.42 Å². The number of halogens is 1. The van der Waals surface area contributed by atoms with Crippen LogP contribution in [0.4, 0.5) is 5.82 Å². The van der Waals surface area contributed by atoms with E-state index in [1.54, 1.807) is 35.3 Å². The van der Waals surface area contributed by atoms with Gasteiger partial charge >= 0.3 is 0 Å². The maximum Gasteiger partial charge on any atom is 0.264 e. The molecule has 0 aliphatic rings. The maximum absolute atomic E-state index is 12.7. The van der Waals surface area contributed by atoms with Crippen LogP contribution >= 0.6 is 11.6 Å². The van der Waals surface area contributed by atoms with E-state index in [0.717, 1.165) is 11.3 Å². The Labute approximate surface area is 164 Å². The Morgan fingerprint density at radius 3 is 2.52 bits per heavy atom. The highest BCUT2D eigenvalue weighted by Gasteiger charge is 2.24. The van der Waals surface area contributed by atoms with E-state index in [2.05, 4.69) is 35.6 Å². The fraction of sp³-hybridized carbons (Fsp3) is 0.263. The molecule has 0 amide bonds. The molecular formula is C19H21ClN4O2S. The summed E-state index contributed by atoms with van der Waals surface area (Å²) in [6.07, 6.45) is 3.47. The predicted molar refractivity (Wildman–Crippen MR) is 107 cm³/mol. The summed E-state index contributed by atoms with van der Waals surface area (Å²) in [5.41, 5.74) is 1.67. The Morgan fingerprint density at radius 2 is 1.89 bits per heavy atom. The molecule has 0 radical (unpaired) electrons. The maximum atomic E-state index is 12.7. The molecular weight excluding hydrogens is 384 g/mol. The molecule has 1 N–H and O–H groups in total. The molecule has 1 aromatic carbocycles. The summed E-state index contributed by atoms with van der Waals surface area (Å²) in [4.78, 5) is 4.14. The van der Waals surface area contributed by atoms with E-state index in [1.807, 2.05) is 12.1 Å². The SMILES string of the molecule is CC(C)(C)c1cc(NS(=O)(=O)c2ccccc2Cl)nn1Cc1cccnc1. The van der Waals surface area contributed by atoms with Gasteiger partial charge in [0.05, 0.1) is 11.6 Å². The number of rotatable bonds is 5. The van der Waals surface area contributed by atoms with Gasteiger partial charge in [-0.2, -0.15) is 5.10 Å². The van der Waals surface area contributed by atoms with Gasteiger partial charge < -0.3 is 0 Å². The van der Waals surface area contributed by atoms with Crippen LogP contribution in [-0.2, 0) is 22.0 Å². The van der Waals surface area contributed by atoms with Crippen molar-refractivity contribution in [3.63, 3.8) is 0 Å². The molecule has 2 heterocycles. The molecule has 0 saturated heterocycles. The van der Waals surface area contributed by atoms with Gasteiger partial charge in [-0.1, -0.05) is 50.6 Å². The summed E-state index contributed by atoms with van der Waals surface area (Å²) in [5, 5.41) is 4.63. The van der Waals surface area contributed by atoms with Gasteiger partial charge in [0.1, 0.15) is 4.90 Å². The Balaban J connectivity index is 1.96. The molecule has 6 nitrogen and oxygen atoms in total. The molecule has 0 spiro atoms. The minimum atomic E-state index is -3.84. The van der Waals surface area contributed by atoms with Gasteiger partial charge in [-0.15, -0.1) is 0 Å². The van der Waals surface area contributed by atoms with Crippen LogP contribution < -0.4 is 4.72 Å². The monoisotopic (exact) mass is 404 g/mol. The van der Waals surface area contributed by atoms with Crippen LogP contribution in [0, 0.1) is 0 Å². The van der Waals surface area contributed by atoms with Crippen molar-refractivity contribution in [1.29, 1.82) is 0 Å². The molecule has 142 valence electrons. The van der Waals surface area contributed by atoms with Crippen LogP contribution in [0.25, 0.3) is 0 Å². The van der Waals surface area contributed by atoms with Crippen LogP contribution in [0.5, 0.6) is 0 Å². The normalized spacial score (nSPS) is 12.1. The number of sulfonamides is 1. The van der Waals surface area contributed by atoms with E-state index < -0.39 is 10.0 Å². The molecule has 0 aliphatic carbocycles. The second-order valence-electron chi connectivity index (χ2n) is 7.22. The lowest BCUT2D eigenvalue weighted by atomic mass is 9.92. The summed E-state index contributed by atoms with van der Waals surface area (Å²) >= 11 is 6.04. The van der Waals surface area contributed by atoms with E-state index in [4.69, 9.17) is 11.6 Å². The van der Waals surface area contributed by atoms with Crippen molar-refractivity contribution in [2.24, 2.45) is 0 Å². The fourth-order valence-electron chi connectivity index (χ4n) is 2.71. The Hall–Kier alpha value is -2.38. The third-order valence-corrected chi connectivity index (χ3v) is 5.82. The largest absolute Gasteiger partial charge is 0.264 e. The molecule has 0 atom stereocenters. The third-order valence-electron chi connectivity index (χ3n) is 3.97. The lowest BCUT2D eigenvalue weighted by Gasteiger charge is -2.20. The van der Waals surface area contributed by atoms with E-state index in [-0.39, 0.29) is 21.2 Å². The van der Waals surface area contributed by atoms with Crippen LogP contribution in [0.1, 0.15) is 32.0 Å². The topological polar surface area (TPSA) is 76.9 Å². The first kappa shape index (κ1) is 19.4. The number of hydrogen-bond acceptors (Lipinski definition) is 4. The lowest BCUT2D eigenvalue weighted by Crippen LogP contribution is -2.19. The average molecular weight is 405 g/mol. The van der Waals surface area contributed by atoms with Gasteiger partial charge in [-0.25, -0.2) is 8.42 Å². The van der Waals surface area contributed by atoms with Crippen LogP contribution in [0.3, 0.4) is 0 Å². The number of anilines is 1. The fourth-order valence-corrected chi connectivity index (χ4v) is 4.22. The highest BCUT2D eigenvalue weighted by Crippen LogP contribution is 2.28. The summed E-state index contributed by atoms with van der Waals surface area (Å²) < 4.78 is 29.7. The lowest BCUT2D eigenvalue weighted by molar-refractivity contribution is 0.506. The van der Waals surface area contributed by atoms with Gasteiger partial charge in [0.2, 0.25) is 0 Å². The second kappa shape index (κ2) is 7.32. The summed E-state index contributed by atoms with van der Waals surface area (Å²) in [6.45, 7) is 6.65. The van der Waals surface area contributed by atoms with E-state index in [1.165, 1.54) is 12.1 Å². The zero-order valence-electron chi connectivity index (χ0n) is 15.3. The Bertz CT molecular complexity index is 1040. The van der Waals surface area contributed by atoms with Crippen molar-refractivity contribution >= 4 is 27.4 Å². The first-order valence-electron chi connectivity index (χ1n) is 8.41. The van der Waals surface area contributed by atoms with Crippen molar-refractivity contribution in [1.82, 2.24) is 14.8 Å². The number of aromatic nitrogens is 3. The van der Waals surface area contributed by atoms with Crippen molar-refractivity contribution < 1.29 is 8.42 Å². The number of pyridine rings is 1. The molecule has 0 unspecified atom stereocenters. The summed E-state index contributed by atoms with van der Waals surface area (Å²) in [5.74, 6) is 0.253. The van der Waals surface area contributed by atoms with Gasteiger partial charge in [-0.3, -0.25) is 14.4 Å². The standard InChI is InChI=1S/C19H21ClN4O2S/c1-19(2,3)17-11-18(22-24(17)13-14-7-6-10-21-12-14)23-27(25,26)16-9-5-4-8-15(16)20/h4-12H,13H2,1-3H3,(H,22,23). The smallest absolute Gasteiger partial charge is 0.264 e. The molecule has 0 saturated carbocycles. The minimum Gasteiger partial charge on any atom is -0.264 e. The molecule has 2 aromatic heterocycles. The average Bonchev–Trinajstić information content (AvgIpc) is 2.98. The van der Waals surface area contributed by atoms with Crippen LogP contribution in [-0.4, -0.2) is 23.2 Å². The van der Waals surface area contributed by atoms with Crippen molar-refractivity contribution in [3.8, 4) is 0 Å². The second-order valence-corrected chi connectivity index (χ2v) is 9.28. The van der Waals surface area contributed by atoms with Gasteiger partial charge in [0.25, 0.3) is 10.0 Å². The van der Waals surface area contributed by atoms with E-state index >= 15 is 0 Å². The van der Waals surface area contributed by atoms with Crippen molar-refractivity contribution in [2.45, 2.75) is 37.6 Å². The molecule has 3 rings (SSSR count). The molecule has 0 fully saturated rings. The Morgan fingerprint density at radius 1 is 1.15 bits per heavy atom.